The van der Waals surface area contributed by atoms with Crippen molar-refractivity contribution in [2.45, 2.75) is 25.2 Å². The Bertz CT molecular complexity index is 608. The molecule has 0 radical (unpaired) electrons. The van der Waals surface area contributed by atoms with E-state index in [1.165, 1.54) is 0 Å². The summed E-state index contributed by atoms with van der Waals surface area (Å²) < 4.78 is 0. The number of fused-ring (bicyclic) bond motifs is 2. The fourth-order valence-corrected chi connectivity index (χ4v) is 3.53. The number of carbonyl (C=O) groups excluding carboxylic acids is 2. The maximum atomic E-state index is 12.7. The molecule has 0 saturated carbocycles. The Balaban J connectivity index is 2.19. The van der Waals surface area contributed by atoms with E-state index in [0.29, 0.717) is 19.4 Å². The molecule has 2 heterocycles. The van der Waals surface area contributed by atoms with Gasteiger partial charge < -0.3 is 10.6 Å². The minimum absolute atomic E-state index is 0.00736. The maximum Gasteiger partial charge on any atom is 0.235 e. The summed E-state index contributed by atoms with van der Waals surface area (Å²) in [6.07, 6.45) is 0.927. The average molecular weight is 270 g/mol. The number of benzene rings is 1. The highest BCUT2D eigenvalue weighted by Gasteiger charge is 2.53. The molecule has 1 fully saturated rings. The van der Waals surface area contributed by atoms with Gasteiger partial charge in [0.15, 0.2) is 0 Å². The molecule has 2 atom stereocenters. The van der Waals surface area contributed by atoms with E-state index in [9.17, 15) is 9.59 Å². The fraction of sp³-hybridized carbons (Fsp3) is 0.375. The number of rotatable bonds is 1. The predicted octanol–water partition coefficient (Wildman–Crippen LogP) is 1.98. The van der Waals surface area contributed by atoms with Crippen molar-refractivity contribution in [3.8, 4) is 0 Å². The Morgan fingerprint density at radius 1 is 1.35 bits per heavy atom. The van der Waals surface area contributed by atoms with E-state index in [2.05, 4.69) is 17.2 Å². The van der Waals surface area contributed by atoms with Gasteiger partial charge in [-0.2, -0.15) is 0 Å². The molecular formula is C16H18N2O2. The van der Waals surface area contributed by atoms with Gasteiger partial charge in [-0.15, -0.1) is 0 Å². The number of hydrogen-bond donors (Lipinski definition) is 2. The molecule has 3 rings (SSSR count). The SMILES string of the molecule is C=C(C)C1CC(=O)NCCC12C(=O)Nc1ccccc12. The van der Waals surface area contributed by atoms with Crippen molar-refractivity contribution in [2.24, 2.45) is 5.92 Å². The third-order valence-corrected chi connectivity index (χ3v) is 4.48. The summed E-state index contributed by atoms with van der Waals surface area (Å²) in [7, 11) is 0. The second-order valence-electron chi connectivity index (χ2n) is 5.67. The zero-order chi connectivity index (χ0) is 14.3. The van der Waals surface area contributed by atoms with E-state index in [1.54, 1.807) is 0 Å². The molecule has 0 aliphatic carbocycles. The van der Waals surface area contributed by atoms with Crippen LogP contribution in [0.15, 0.2) is 36.4 Å². The minimum Gasteiger partial charge on any atom is -0.356 e. The van der Waals surface area contributed by atoms with Crippen molar-refractivity contribution in [3.05, 3.63) is 42.0 Å². The molecule has 0 bridgehead atoms. The average Bonchev–Trinajstić information content (AvgIpc) is 2.56. The molecule has 4 heteroatoms. The molecule has 20 heavy (non-hydrogen) atoms. The van der Waals surface area contributed by atoms with Crippen molar-refractivity contribution in [3.63, 3.8) is 0 Å². The molecule has 1 aromatic rings. The lowest BCUT2D eigenvalue weighted by molar-refractivity contribution is -0.123. The van der Waals surface area contributed by atoms with E-state index >= 15 is 0 Å². The van der Waals surface area contributed by atoms with Crippen LogP contribution in [0.25, 0.3) is 0 Å². The van der Waals surface area contributed by atoms with Crippen LogP contribution in [0.3, 0.4) is 0 Å². The van der Waals surface area contributed by atoms with Crippen LogP contribution in [0.5, 0.6) is 0 Å². The van der Waals surface area contributed by atoms with Crippen molar-refractivity contribution in [1.82, 2.24) is 5.32 Å². The largest absolute Gasteiger partial charge is 0.356 e. The second kappa shape index (κ2) is 4.47. The molecule has 1 spiro atoms. The monoisotopic (exact) mass is 270 g/mol. The zero-order valence-electron chi connectivity index (χ0n) is 11.5. The number of anilines is 1. The molecule has 2 unspecified atom stereocenters. The third kappa shape index (κ3) is 1.68. The molecule has 1 saturated heterocycles. The summed E-state index contributed by atoms with van der Waals surface area (Å²) in [6.45, 7) is 6.44. The van der Waals surface area contributed by atoms with Crippen LogP contribution in [0.2, 0.25) is 0 Å². The highest BCUT2D eigenvalue weighted by molar-refractivity contribution is 6.07. The Labute approximate surface area is 118 Å². The van der Waals surface area contributed by atoms with Gasteiger partial charge in [0.05, 0.1) is 5.41 Å². The van der Waals surface area contributed by atoms with E-state index in [-0.39, 0.29) is 17.7 Å². The highest BCUT2D eigenvalue weighted by Crippen LogP contribution is 2.49. The smallest absolute Gasteiger partial charge is 0.235 e. The fourth-order valence-electron chi connectivity index (χ4n) is 3.53. The van der Waals surface area contributed by atoms with Gasteiger partial charge in [0.1, 0.15) is 0 Å². The molecule has 4 nitrogen and oxygen atoms in total. The number of para-hydroxylation sites is 1. The molecule has 1 aromatic carbocycles. The molecule has 2 aliphatic rings. The number of amides is 2. The van der Waals surface area contributed by atoms with Crippen LogP contribution in [0.4, 0.5) is 5.69 Å². The Morgan fingerprint density at radius 2 is 2.10 bits per heavy atom. The van der Waals surface area contributed by atoms with Crippen LogP contribution in [-0.4, -0.2) is 18.4 Å². The summed E-state index contributed by atoms with van der Waals surface area (Å²) in [4.78, 5) is 24.6. The van der Waals surface area contributed by atoms with Crippen molar-refractivity contribution in [2.75, 3.05) is 11.9 Å². The predicted molar refractivity (Wildman–Crippen MR) is 77.3 cm³/mol. The lowest BCUT2D eigenvalue weighted by Crippen LogP contribution is -2.42. The molecule has 0 aromatic heterocycles. The van der Waals surface area contributed by atoms with Gasteiger partial charge >= 0.3 is 0 Å². The molecule has 104 valence electrons. The van der Waals surface area contributed by atoms with E-state index < -0.39 is 5.41 Å². The minimum atomic E-state index is -0.665. The van der Waals surface area contributed by atoms with E-state index in [4.69, 9.17) is 0 Å². The number of hydrogen-bond acceptors (Lipinski definition) is 2. The Morgan fingerprint density at radius 3 is 2.85 bits per heavy atom. The van der Waals surface area contributed by atoms with Gasteiger partial charge in [0.2, 0.25) is 11.8 Å². The maximum absolute atomic E-state index is 12.7. The number of nitrogens with one attached hydrogen (secondary N) is 2. The summed E-state index contributed by atoms with van der Waals surface area (Å²) in [5, 5.41) is 5.84. The second-order valence-corrected chi connectivity index (χ2v) is 5.67. The summed E-state index contributed by atoms with van der Waals surface area (Å²) in [5.41, 5.74) is 2.07. The van der Waals surface area contributed by atoms with Gasteiger partial charge in [-0.3, -0.25) is 9.59 Å². The number of allylic oxidation sites excluding steroid dienone is 1. The van der Waals surface area contributed by atoms with Gasteiger partial charge in [0, 0.05) is 24.6 Å². The van der Waals surface area contributed by atoms with E-state index in [1.807, 2.05) is 31.2 Å². The third-order valence-electron chi connectivity index (χ3n) is 4.48. The first-order chi connectivity index (χ1) is 9.55. The van der Waals surface area contributed by atoms with Crippen LogP contribution < -0.4 is 10.6 Å². The normalized spacial score (nSPS) is 28.6. The van der Waals surface area contributed by atoms with E-state index in [0.717, 1.165) is 16.8 Å². The topological polar surface area (TPSA) is 58.2 Å². The Hall–Kier alpha value is -2.10. The molecule has 2 amide bonds. The van der Waals surface area contributed by atoms with Gasteiger partial charge in [0.25, 0.3) is 0 Å². The standard InChI is InChI=1S/C16H18N2O2/c1-10(2)12-9-14(19)17-8-7-16(12)11-5-3-4-6-13(11)18-15(16)20/h3-6,12H,1,7-9H2,2H3,(H,17,19)(H,18,20). The number of carbonyl (C=O) groups is 2. The first-order valence-corrected chi connectivity index (χ1v) is 6.89. The van der Waals surface area contributed by atoms with Crippen molar-refractivity contribution >= 4 is 17.5 Å². The molecule has 2 N–H and O–H groups in total. The van der Waals surface area contributed by atoms with Crippen LogP contribution >= 0.6 is 0 Å². The lowest BCUT2D eigenvalue weighted by atomic mass is 9.65. The van der Waals surface area contributed by atoms with Crippen molar-refractivity contribution < 1.29 is 9.59 Å². The highest BCUT2D eigenvalue weighted by atomic mass is 16.2. The van der Waals surface area contributed by atoms with Gasteiger partial charge in [-0.25, -0.2) is 0 Å². The molecular weight excluding hydrogens is 252 g/mol. The summed E-state index contributed by atoms with van der Waals surface area (Å²) >= 11 is 0. The lowest BCUT2D eigenvalue weighted by Gasteiger charge is -2.34. The van der Waals surface area contributed by atoms with Crippen LogP contribution in [-0.2, 0) is 15.0 Å². The zero-order valence-corrected chi connectivity index (χ0v) is 11.5. The molecule has 2 aliphatic heterocycles. The van der Waals surface area contributed by atoms with Gasteiger partial charge in [-0.05, 0) is 25.0 Å². The first kappa shape index (κ1) is 12.9. The Kier molecular flexibility index (Phi) is 2.89. The quantitative estimate of drug-likeness (QED) is 0.767. The summed E-state index contributed by atoms with van der Waals surface area (Å²) in [5.74, 6) is -0.177. The van der Waals surface area contributed by atoms with Crippen molar-refractivity contribution in [1.29, 1.82) is 0 Å². The first-order valence-electron chi connectivity index (χ1n) is 6.89. The van der Waals surface area contributed by atoms with Crippen LogP contribution in [0.1, 0.15) is 25.3 Å². The van der Waals surface area contributed by atoms with Gasteiger partial charge in [-0.1, -0.05) is 30.4 Å². The summed E-state index contributed by atoms with van der Waals surface area (Å²) in [6, 6.07) is 7.75. The van der Waals surface area contributed by atoms with Crippen LogP contribution in [0, 0.1) is 5.92 Å².